The molecular weight excluding hydrogens is 506 g/mol. The van der Waals surface area contributed by atoms with Gasteiger partial charge in [0.15, 0.2) is 0 Å². The van der Waals surface area contributed by atoms with Crippen molar-refractivity contribution in [2.75, 3.05) is 54.7 Å². The average molecular weight is 529 g/mol. The Morgan fingerprint density at radius 2 is 1.86 bits per heavy atom. The van der Waals surface area contributed by atoms with Crippen LogP contribution in [-0.4, -0.2) is 62.9 Å². The predicted octanol–water partition coefficient (Wildman–Crippen LogP) is 3.16. The number of halogens is 3. The van der Waals surface area contributed by atoms with Crippen LogP contribution in [0, 0.1) is 11.6 Å². The van der Waals surface area contributed by atoms with E-state index in [1.165, 1.54) is 0 Å². The second-order valence-electron chi connectivity index (χ2n) is 7.66. The maximum atomic E-state index is 14.7. The minimum absolute atomic E-state index is 0.140. The van der Waals surface area contributed by atoms with Crippen molar-refractivity contribution >= 4 is 38.9 Å². The highest BCUT2D eigenvalue weighted by Crippen LogP contribution is 2.26. The number of anilines is 3. The van der Waals surface area contributed by atoms with Gasteiger partial charge >= 0.3 is 0 Å². The van der Waals surface area contributed by atoms with Crippen LogP contribution in [0.5, 0.6) is 0 Å². The standard InChI is InChI=1S/C21H23ClF2N6O4S/c22-15-2-1-14(18(9-15)25-3-4-30-5-7-33-8-6-30)12-26-19-10-17(24)20(11-16(19)23)35(31,32)29-21-27-13-34-28-21/h1-2,9-11,13,25-26H,3-8,12H2,(H,28,29). The van der Waals surface area contributed by atoms with Gasteiger partial charge in [-0.25, -0.2) is 21.9 Å². The molecular formula is C21H23ClF2N6O4S. The van der Waals surface area contributed by atoms with Crippen molar-refractivity contribution in [3.63, 3.8) is 0 Å². The predicted molar refractivity (Wildman–Crippen MR) is 126 cm³/mol. The van der Waals surface area contributed by atoms with Gasteiger partial charge in [-0.15, -0.1) is 0 Å². The van der Waals surface area contributed by atoms with Crippen LogP contribution in [0.2, 0.25) is 5.02 Å². The first-order valence-corrected chi connectivity index (χ1v) is 12.5. The molecule has 0 unspecified atom stereocenters. The Morgan fingerprint density at radius 3 is 2.60 bits per heavy atom. The molecule has 1 fully saturated rings. The summed E-state index contributed by atoms with van der Waals surface area (Å²) in [6, 6.07) is 6.59. The van der Waals surface area contributed by atoms with E-state index in [0.717, 1.165) is 43.3 Å². The van der Waals surface area contributed by atoms with Crippen LogP contribution in [0.1, 0.15) is 5.56 Å². The number of morpholine rings is 1. The van der Waals surface area contributed by atoms with E-state index in [-0.39, 0.29) is 12.2 Å². The van der Waals surface area contributed by atoms with E-state index in [1.54, 1.807) is 18.2 Å². The molecule has 188 valence electrons. The summed E-state index contributed by atoms with van der Waals surface area (Å²) < 4.78 is 65.7. The van der Waals surface area contributed by atoms with Crippen molar-refractivity contribution in [3.05, 3.63) is 58.9 Å². The number of nitrogens with zero attached hydrogens (tertiary/aromatic N) is 3. The summed E-state index contributed by atoms with van der Waals surface area (Å²) in [4.78, 5) is 4.89. The van der Waals surface area contributed by atoms with Crippen molar-refractivity contribution in [1.82, 2.24) is 15.0 Å². The fourth-order valence-corrected chi connectivity index (χ4v) is 4.68. The third-order valence-electron chi connectivity index (χ3n) is 5.29. The molecule has 2 heterocycles. The normalized spacial score (nSPS) is 14.6. The third kappa shape index (κ3) is 6.57. The summed E-state index contributed by atoms with van der Waals surface area (Å²) in [5.41, 5.74) is 1.32. The van der Waals surface area contributed by atoms with E-state index in [9.17, 15) is 17.2 Å². The quantitative estimate of drug-likeness (QED) is 0.364. The molecule has 1 saturated heterocycles. The minimum atomic E-state index is -4.47. The third-order valence-corrected chi connectivity index (χ3v) is 6.86. The van der Waals surface area contributed by atoms with Crippen LogP contribution in [-0.2, 0) is 21.3 Å². The van der Waals surface area contributed by atoms with Gasteiger partial charge in [0.1, 0.15) is 16.5 Å². The molecule has 3 N–H and O–H groups in total. The lowest BCUT2D eigenvalue weighted by Crippen LogP contribution is -2.39. The molecule has 1 aliphatic heterocycles. The van der Waals surface area contributed by atoms with E-state index >= 15 is 0 Å². The molecule has 0 amide bonds. The second-order valence-corrected chi connectivity index (χ2v) is 9.75. The number of hydrogen-bond donors (Lipinski definition) is 3. The molecule has 0 spiro atoms. The Balaban J connectivity index is 1.43. The highest BCUT2D eigenvalue weighted by atomic mass is 35.5. The van der Waals surface area contributed by atoms with Crippen LogP contribution >= 0.6 is 11.6 Å². The fraction of sp³-hybridized carbons (Fsp3) is 0.333. The van der Waals surface area contributed by atoms with Gasteiger partial charge in [0.25, 0.3) is 16.0 Å². The lowest BCUT2D eigenvalue weighted by molar-refractivity contribution is 0.0398. The Hall–Kier alpha value is -3.00. The molecule has 0 atom stereocenters. The maximum absolute atomic E-state index is 14.7. The van der Waals surface area contributed by atoms with E-state index in [1.807, 2.05) is 4.72 Å². The van der Waals surface area contributed by atoms with E-state index < -0.39 is 32.5 Å². The minimum Gasteiger partial charge on any atom is -0.383 e. The number of hydrogen-bond acceptors (Lipinski definition) is 9. The van der Waals surface area contributed by atoms with E-state index in [2.05, 4.69) is 30.2 Å². The summed E-state index contributed by atoms with van der Waals surface area (Å²) in [5, 5.41) is 9.97. The Morgan fingerprint density at radius 1 is 1.06 bits per heavy atom. The molecule has 3 aromatic rings. The molecule has 4 rings (SSSR count). The highest BCUT2D eigenvalue weighted by Gasteiger charge is 2.23. The van der Waals surface area contributed by atoms with Gasteiger partial charge in [0.2, 0.25) is 6.39 Å². The molecule has 1 aliphatic rings. The first-order chi connectivity index (χ1) is 16.8. The van der Waals surface area contributed by atoms with Crippen molar-refractivity contribution in [2.45, 2.75) is 11.4 Å². The van der Waals surface area contributed by atoms with E-state index in [0.29, 0.717) is 30.8 Å². The Labute approximate surface area is 205 Å². The van der Waals surface area contributed by atoms with Crippen molar-refractivity contribution in [1.29, 1.82) is 0 Å². The molecule has 14 heteroatoms. The number of nitrogens with one attached hydrogen (secondary N) is 3. The van der Waals surface area contributed by atoms with Gasteiger partial charge < -0.3 is 19.9 Å². The fourth-order valence-electron chi connectivity index (χ4n) is 3.49. The summed E-state index contributed by atoms with van der Waals surface area (Å²) in [6.45, 7) is 4.77. The van der Waals surface area contributed by atoms with Crippen molar-refractivity contribution in [2.24, 2.45) is 0 Å². The number of benzene rings is 2. The molecule has 2 aromatic carbocycles. The Bertz CT molecular complexity index is 1260. The first kappa shape index (κ1) is 25.1. The number of ether oxygens (including phenoxy) is 1. The molecule has 35 heavy (non-hydrogen) atoms. The van der Waals surface area contributed by atoms with Gasteiger partial charge in [0, 0.05) is 49.5 Å². The van der Waals surface area contributed by atoms with Gasteiger partial charge in [-0.2, -0.15) is 4.98 Å². The average Bonchev–Trinajstić information content (AvgIpc) is 3.33. The maximum Gasteiger partial charge on any atom is 0.277 e. The first-order valence-electron chi connectivity index (χ1n) is 10.7. The molecule has 0 saturated carbocycles. The van der Waals surface area contributed by atoms with Crippen LogP contribution in [0.15, 0.2) is 46.1 Å². The molecule has 1 aromatic heterocycles. The summed E-state index contributed by atoms with van der Waals surface area (Å²) in [7, 11) is -4.47. The van der Waals surface area contributed by atoms with Crippen LogP contribution in [0.25, 0.3) is 0 Å². The lowest BCUT2D eigenvalue weighted by atomic mass is 10.1. The molecule has 0 bridgehead atoms. The number of aromatic nitrogens is 2. The zero-order valence-electron chi connectivity index (χ0n) is 18.4. The second kappa shape index (κ2) is 11.2. The Kier molecular flexibility index (Phi) is 8.00. The zero-order valence-corrected chi connectivity index (χ0v) is 20.0. The molecule has 0 aliphatic carbocycles. The van der Waals surface area contributed by atoms with Crippen LogP contribution in [0.4, 0.5) is 26.1 Å². The SMILES string of the molecule is O=S(=O)(Nc1ncon1)c1cc(F)c(NCc2ccc(Cl)cc2NCCN2CCOCC2)cc1F. The van der Waals surface area contributed by atoms with Gasteiger partial charge in [0.05, 0.1) is 18.9 Å². The topological polar surface area (TPSA) is 122 Å². The van der Waals surface area contributed by atoms with Gasteiger partial charge in [-0.1, -0.05) is 17.7 Å². The van der Waals surface area contributed by atoms with Crippen molar-refractivity contribution < 1.29 is 26.5 Å². The summed E-state index contributed by atoms with van der Waals surface area (Å²) in [5.74, 6) is -2.50. The monoisotopic (exact) mass is 528 g/mol. The summed E-state index contributed by atoms with van der Waals surface area (Å²) >= 11 is 6.14. The van der Waals surface area contributed by atoms with Crippen LogP contribution in [0.3, 0.4) is 0 Å². The smallest absolute Gasteiger partial charge is 0.277 e. The van der Waals surface area contributed by atoms with Crippen LogP contribution < -0.4 is 15.4 Å². The molecule has 10 nitrogen and oxygen atoms in total. The largest absolute Gasteiger partial charge is 0.383 e. The van der Waals surface area contributed by atoms with Crippen molar-refractivity contribution in [3.8, 4) is 0 Å². The van der Waals surface area contributed by atoms with E-state index in [4.69, 9.17) is 16.3 Å². The number of rotatable bonds is 10. The van der Waals surface area contributed by atoms with Gasteiger partial charge in [-0.3, -0.25) is 4.90 Å². The number of sulfonamides is 1. The lowest BCUT2D eigenvalue weighted by Gasteiger charge is -2.27. The summed E-state index contributed by atoms with van der Waals surface area (Å²) in [6.07, 6.45) is 0.893. The molecule has 0 radical (unpaired) electrons. The van der Waals surface area contributed by atoms with Gasteiger partial charge in [-0.05, 0) is 28.9 Å². The zero-order chi connectivity index (χ0) is 24.8. The highest BCUT2D eigenvalue weighted by molar-refractivity contribution is 7.92.